The fourth-order valence-electron chi connectivity index (χ4n) is 3.84. The third-order valence-electron chi connectivity index (χ3n) is 5.40. The number of ether oxygens (including phenoxy) is 2. The van der Waals surface area contributed by atoms with Gasteiger partial charge in [-0.05, 0) is 55.2 Å². The van der Waals surface area contributed by atoms with Crippen molar-refractivity contribution in [2.75, 3.05) is 23.3 Å². The molecule has 7 nitrogen and oxygen atoms in total. The van der Waals surface area contributed by atoms with Crippen LogP contribution in [0.4, 0.5) is 11.4 Å². The molecule has 1 saturated carbocycles. The lowest BCUT2D eigenvalue weighted by atomic mass is 10.0. The van der Waals surface area contributed by atoms with Crippen LogP contribution in [0.3, 0.4) is 0 Å². The summed E-state index contributed by atoms with van der Waals surface area (Å²) in [6.07, 6.45) is 5.94. The van der Waals surface area contributed by atoms with E-state index in [1.54, 1.807) is 30.3 Å². The maximum absolute atomic E-state index is 12.8. The van der Waals surface area contributed by atoms with Gasteiger partial charge in [-0.1, -0.05) is 12.8 Å². The minimum Gasteiger partial charge on any atom is -0.490 e. The molecular weight excluding hydrogens is 404 g/mol. The van der Waals surface area contributed by atoms with E-state index in [-0.39, 0.29) is 10.8 Å². The third-order valence-corrected chi connectivity index (χ3v) is 6.78. The van der Waals surface area contributed by atoms with Crippen LogP contribution in [0.1, 0.15) is 38.5 Å². The van der Waals surface area contributed by atoms with Crippen molar-refractivity contribution in [3.63, 3.8) is 0 Å². The fourth-order valence-corrected chi connectivity index (χ4v) is 4.91. The summed E-state index contributed by atoms with van der Waals surface area (Å²) in [4.78, 5) is 12.3. The number of fused-ring (bicyclic) bond motifs is 1. The first-order valence-electron chi connectivity index (χ1n) is 10.3. The van der Waals surface area contributed by atoms with Gasteiger partial charge in [0.05, 0.1) is 18.1 Å². The molecule has 0 bridgehead atoms. The van der Waals surface area contributed by atoms with E-state index in [2.05, 4.69) is 10.0 Å². The molecule has 2 aliphatic rings. The molecule has 30 heavy (non-hydrogen) atoms. The zero-order chi connectivity index (χ0) is 21.0. The van der Waals surface area contributed by atoms with Crippen molar-refractivity contribution in [3.05, 3.63) is 42.5 Å². The topological polar surface area (TPSA) is 93.7 Å². The molecule has 0 radical (unpaired) electrons. The SMILES string of the molecule is O=C(CC1CCCC1)Nc1ccc(NS(=O)(=O)c2ccc3c(c2)OCCCO3)cc1. The van der Waals surface area contributed by atoms with Crippen molar-refractivity contribution < 1.29 is 22.7 Å². The van der Waals surface area contributed by atoms with Crippen molar-refractivity contribution in [2.24, 2.45) is 5.92 Å². The molecule has 4 rings (SSSR count). The molecule has 1 heterocycles. The van der Waals surface area contributed by atoms with E-state index in [0.29, 0.717) is 48.4 Å². The van der Waals surface area contributed by atoms with Gasteiger partial charge in [-0.25, -0.2) is 8.42 Å². The molecule has 0 saturated heterocycles. The summed E-state index contributed by atoms with van der Waals surface area (Å²) in [5.74, 6) is 1.45. The molecule has 2 N–H and O–H groups in total. The van der Waals surface area contributed by atoms with Crippen LogP contribution in [0.15, 0.2) is 47.4 Å². The summed E-state index contributed by atoms with van der Waals surface area (Å²) < 4.78 is 39.2. The molecule has 0 aromatic heterocycles. The van der Waals surface area contributed by atoms with E-state index in [1.807, 2.05) is 0 Å². The van der Waals surface area contributed by atoms with Gasteiger partial charge in [-0.15, -0.1) is 0 Å². The average Bonchev–Trinajstić information content (AvgIpc) is 3.11. The van der Waals surface area contributed by atoms with E-state index in [4.69, 9.17) is 9.47 Å². The Bertz CT molecular complexity index is 999. The van der Waals surface area contributed by atoms with Crippen LogP contribution in [0, 0.1) is 5.92 Å². The van der Waals surface area contributed by atoms with E-state index in [0.717, 1.165) is 19.3 Å². The molecule has 2 aromatic carbocycles. The molecule has 8 heteroatoms. The second-order valence-corrected chi connectivity index (χ2v) is 9.43. The number of hydrogen-bond donors (Lipinski definition) is 2. The number of anilines is 2. The second-order valence-electron chi connectivity index (χ2n) is 7.74. The Hall–Kier alpha value is -2.74. The maximum Gasteiger partial charge on any atom is 0.262 e. The molecular formula is C22H26N2O5S. The fraction of sp³-hybridized carbons (Fsp3) is 0.409. The quantitative estimate of drug-likeness (QED) is 0.717. The van der Waals surface area contributed by atoms with Crippen LogP contribution >= 0.6 is 0 Å². The number of benzene rings is 2. The normalized spacial score (nSPS) is 16.7. The standard InChI is InChI=1S/C22H26N2O5S/c25-22(14-16-4-1-2-5-16)23-17-6-8-18(9-7-17)24-30(26,27)19-10-11-20-21(15-19)29-13-3-12-28-20/h6-11,15-16,24H,1-5,12-14H2,(H,23,25). The van der Waals surface area contributed by atoms with Gasteiger partial charge >= 0.3 is 0 Å². The number of hydrogen-bond acceptors (Lipinski definition) is 5. The zero-order valence-corrected chi connectivity index (χ0v) is 17.5. The smallest absolute Gasteiger partial charge is 0.262 e. The zero-order valence-electron chi connectivity index (χ0n) is 16.7. The number of carbonyl (C=O) groups excluding carboxylic acids is 1. The van der Waals surface area contributed by atoms with Crippen LogP contribution in [0.25, 0.3) is 0 Å². The Balaban J connectivity index is 1.39. The van der Waals surface area contributed by atoms with E-state index >= 15 is 0 Å². The van der Waals surface area contributed by atoms with Crippen molar-refractivity contribution in [1.29, 1.82) is 0 Å². The number of amides is 1. The largest absolute Gasteiger partial charge is 0.490 e. The van der Waals surface area contributed by atoms with E-state index < -0.39 is 10.0 Å². The predicted octanol–water partition coefficient (Wildman–Crippen LogP) is 4.17. The highest BCUT2D eigenvalue weighted by Crippen LogP contribution is 2.32. The van der Waals surface area contributed by atoms with Gasteiger partial charge in [0.25, 0.3) is 10.0 Å². The maximum atomic E-state index is 12.8. The molecule has 2 aromatic rings. The number of carbonyl (C=O) groups is 1. The summed E-state index contributed by atoms with van der Waals surface area (Å²) in [6.45, 7) is 1.03. The molecule has 160 valence electrons. The Kier molecular flexibility index (Phi) is 6.13. The monoisotopic (exact) mass is 430 g/mol. The van der Waals surface area contributed by atoms with Gasteiger partial charge < -0.3 is 14.8 Å². The van der Waals surface area contributed by atoms with Crippen LogP contribution < -0.4 is 19.5 Å². The van der Waals surface area contributed by atoms with Gasteiger partial charge in [-0.2, -0.15) is 0 Å². The Morgan fingerprint density at radius 3 is 2.30 bits per heavy atom. The van der Waals surface area contributed by atoms with Gasteiger partial charge in [0.2, 0.25) is 5.91 Å². The van der Waals surface area contributed by atoms with E-state index in [9.17, 15) is 13.2 Å². The summed E-state index contributed by atoms with van der Waals surface area (Å²) in [5.41, 5.74) is 1.06. The first-order chi connectivity index (χ1) is 14.5. The molecule has 1 aliphatic heterocycles. The molecule has 1 aliphatic carbocycles. The Morgan fingerprint density at radius 1 is 0.900 bits per heavy atom. The van der Waals surface area contributed by atoms with Gasteiger partial charge in [0, 0.05) is 30.3 Å². The van der Waals surface area contributed by atoms with Crippen molar-refractivity contribution in [3.8, 4) is 11.5 Å². The van der Waals surface area contributed by atoms with Crippen molar-refractivity contribution in [1.82, 2.24) is 0 Å². The third kappa shape index (κ3) is 5.05. The number of nitrogens with one attached hydrogen (secondary N) is 2. The molecule has 0 unspecified atom stereocenters. The van der Waals surface area contributed by atoms with Crippen LogP contribution in [0.5, 0.6) is 11.5 Å². The summed E-state index contributed by atoms with van der Waals surface area (Å²) >= 11 is 0. The van der Waals surface area contributed by atoms with Crippen molar-refractivity contribution >= 4 is 27.3 Å². The first-order valence-corrected chi connectivity index (χ1v) is 11.8. The molecule has 1 fully saturated rings. The Morgan fingerprint density at radius 2 is 1.57 bits per heavy atom. The van der Waals surface area contributed by atoms with Crippen LogP contribution in [-0.2, 0) is 14.8 Å². The Labute approximate surface area is 176 Å². The predicted molar refractivity (Wildman–Crippen MR) is 115 cm³/mol. The van der Waals surface area contributed by atoms with E-state index in [1.165, 1.54) is 25.0 Å². The van der Waals surface area contributed by atoms with Crippen molar-refractivity contribution in [2.45, 2.75) is 43.4 Å². The number of sulfonamides is 1. The lowest BCUT2D eigenvalue weighted by Gasteiger charge is -2.12. The van der Waals surface area contributed by atoms with Crippen LogP contribution in [-0.4, -0.2) is 27.5 Å². The molecule has 0 spiro atoms. The van der Waals surface area contributed by atoms with Gasteiger partial charge in [-0.3, -0.25) is 9.52 Å². The highest BCUT2D eigenvalue weighted by Gasteiger charge is 2.20. The number of rotatable bonds is 6. The summed E-state index contributed by atoms with van der Waals surface area (Å²) in [5, 5.41) is 2.88. The minimum absolute atomic E-state index is 0.00225. The van der Waals surface area contributed by atoms with Crippen LogP contribution in [0.2, 0.25) is 0 Å². The summed E-state index contributed by atoms with van der Waals surface area (Å²) in [6, 6.07) is 11.2. The molecule has 1 amide bonds. The molecule has 0 atom stereocenters. The highest BCUT2D eigenvalue weighted by molar-refractivity contribution is 7.92. The lowest BCUT2D eigenvalue weighted by molar-refractivity contribution is -0.117. The second kappa shape index (κ2) is 8.95. The van der Waals surface area contributed by atoms with Gasteiger partial charge in [0.1, 0.15) is 0 Å². The van der Waals surface area contributed by atoms with Gasteiger partial charge in [0.15, 0.2) is 11.5 Å². The average molecular weight is 431 g/mol. The minimum atomic E-state index is -3.78. The lowest BCUT2D eigenvalue weighted by Crippen LogP contribution is -2.15. The first kappa shape index (κ1) is 20.5. The highest BCUT2D eigenvalue weighted by atomic mass is 32.2. The summed E-state index contributed by atoms with van der Waals surface area (Å²) in [7, 11) is -3.78.